The van der Waals surface area contributed by atoms with Crippen LogP contribution in [0, 0.1) is 5.92 Å². The summed E-state index contributed by atoms with van der Waals surface area (Å²) < 4.78 is 5.42. The zero-order chi connectivity index (χ0) is 37.3. The summed E-state index contributed by atoms with van der Waals surface area (Å²) in [4.78, 5) is 12.0. The van der Waals surface area contributed by atoms with Crippen LogP contribution in [0.2, 0.25) is 0 Å². The highest BCUT2D eigenvalue weighted by atomic mass is 16.6. The molecule has 52 heavy (non-hydrogen) atoms. The van der Waals surface area contributed by atoms with Crippen molar-refractivity contribution in [1.29, 1.82) is 0 Å². The molecule has 0 saturated carbocycles. The SMILES string of the molecule is CCCCCCCCCCCCCCCCCCCCCCC/C=C1/OC(=O)C1CCCCCCCCCCCCCCCCCCCCCCC. The van der Waals surface area contributed by atoms with E-state index in [1.165, 1.54) is 270 Å². The fraction of sp³-hybridized carbons (Fsp3) is 0.940. The molecule has 1 rings (SSSR count). The average Bonchev–Trinajstić information content (AvgIpc) is 3.15. The van der Waals surface area contributed by atoms with E-state index < -0.39 is 0 Å². The predicted molar refractivity (Wildman–Crippen MR) is 232 cm³/mol. The van der Waals surface area contributed by atoms with Gasteiger partial charge in [-0.25, -0.2) is 0 Å². The maximum Gasteiger partial charge on any atom is 0.321 e. The van der Waals surface area contributed by atoms with Crippen molar-refractivity contribution < 1.29 is 9.53 Å². The molecule has 1 aliphatic rings. The lowest BCUT2D eigenvalue weighted by atomic mass is 9.93. The molecule has 0 amide bonds. The minimum Gasteiger partial charge on any atom is -0.430 e. The average molecular weight is 729 g/mol. The van der Waals surface area contributed by atoms with Crippen LogP contribution in [-0.2, 0) is 9.53 Å². The molecule has 0 bridgehead atoms. The molecule has 0 radical (unpaired) electrons. The van der Waals surface area contributed by atoms with Gasteiger partial charge in [0.2, 0.25) is 0 Å². The van der Waals surface area contributed by atoms with Gasteiger partial charge in [0.15, 0.2) is 0 Å². The van der Waals surface area contributed by atoms with Crippen LogP contribution in [0.4, 0.5) is 0 Å². The minimum atomic E-state index is 0.0261. The number of carbonyl (C=O) groups is 1. The van der Waals surface area contributed by atoms with Crippen LogP contribution in [0.25, 0.3) is 0 Å². The van der Waals surface area contributed by atoms with Gasteiger partial charge in [0.25, 0.3) is 0 Å². The molecular formula is C50H96O2. The second-order valence-electron chi connectivity index (χ2n) is 17.3. The van der Waals surface area contributed by atoms with Crippen LogP contribution >= 0.6 is 0 Å². The normalized spacial score (nSPS) is 15.1. The largest absolute Gasteiger partial charge is 0.430 e. The smallest absolute Gasteiger partial charge is 0.321 e. The summed E-state index contributed by atoms with van der Waals surface area (Å²) in [6.07, 6.45) is 64.0. The molecule has 1 unspecified atom stereocenters. The van der Waals surface area contributed by atoms with Crippen LogP contribution in [0.5, 0.6) is 0 Å². The first kappa shape index (κ1) is 49.2. The maximum absolute atomic E-state index is 12.0. The first-order valence-corrected chi connectivity index (χ1v) is 24.7. The van der Waals surface area contributed by atoms with Crippen LogP contribution in [0.1, 0.15) is 296 Å². The van der Waals surface area contributed by atoms with Crippen molar-refractivity contribution >= 4 is 5.97 Å². The van der Waals surface area contributed by atoms with E-state index in [1.807, 2.05) is 0 Å². The Bertz CT molecular complexity index is 741. The summed E-state index contributed by atoms with van der Waals surface area (Å²) in [6, 6.07) is 0. The molecule has 1 aliphatic heterocycles. The summed E-state index contributed by atoms with van der Waals surface area (Å²) >= 11 is 0. The number of unbranched alkanes of at least 4 members (excludes halogenated alkanes) is 41. The van der Waals surface area contributed by atoms with Gasteiger partial charge in [0, 0.05) is 0 Å². The van der Waals surface area contributed by atoms with Crippen LogP contribution < -0.4 is 0 Å². The number of cyclic esters (lactones) is 1. The molecule has 1 fully saturated rings. The highest BCUT2D eigenvalue weighted by molar-refractivity contribution is 5.82. The predicted octanol–water partition coefficient (Wildman–Crippen LogP) is 18.2. The molecule has 0 aromatic carbocycles. The summed E-state index contributed by atoms with van der Waals surface area (Å²) in [5.74, 6) is 1.10. The van der Waals surface area contributed by atoms with Crippen LogP contribution in [-0.4, -0.2) is 5.97 Å². The van der Waals surface area contributed by atoms with Gasteiger partial charge >= 0.3 is 5.97 Å². The number of rotatable bonds is 44. The topological polar surface area (TPSA) is 26.3 Å². The molecule has 0 aliphatic carbocycles. The first-order valence-electron chi connectivity index (χ1n) is 24.7. The highest BCUT2D eigenvalue weighted by Crippen LogP contribution is 2.32. The summed E-state index contributed by atoms with van der Waals surface area (Å²) in [5.41, 5.74) is 0. The summed E-state index contributed by atoms with van der Waals surface area (Å²) in [7, 11) is 0. The van der Waals surface area contributed by atoms with Gasteiger partial charge in [0.1, 0.15) is 11.7 Å². The zero-order valence-electron chi connectivity index (χ0n) is 36.1. The molecule has 0 N–H and O–H groups in total. The third-order valence-corrected chi connectivity index (χ3v) is 12.1. The number of hydrogen-bond donors (Lipinski definition) is 0. The number of hydrogen-bond acceptors (Lipinski definition) is 2. The van der Waals surface area contributed by atoms with E-state index in [0.29, 0.717) is 0 Å². The fourth-order valence-corrected chi connectivity index (χ4v) is 8.36. The van der Waals surface area contributed by atoms with Crippen molar-refractivity contribution in [1.82, 2.24) is 0 Å². The van der Waals surface area contributed by atoms with E-state index in [4.69, 9.17) is 4.74 Å². The molecular weight excluding hydrogens is 633 g/mol. The fourth-order valence-electron chi connectivity index (χ4n) is 8.36. The monoisotopic (exact) mass is 729 g/mol. The Morgan fingerprint density at radius 2 is 0.577 bits per heavy atom. The molecule has 2 heteroatoms. The Morgan fingerprint density at radius 1 is 0.346 bits per heavy atom. The standard InChI is InChI=1S/C50H96O2/c1-3-5-7-9-11-13-15-17-19-21-23-25-27-29-31-33-35-37-39-41-43-45-47-49-48(50(51)52-49)46-44-42-40-38-36-34-32-30-28-26-24-22-20-18-16-14-12-10-8-6-4-2/h47-48H,3-46H2,1-2H3/b49-47+. The third kappa shape index (κ3) is 33.8. The Balaban J connectivity index is 1.77. The van der Waals surface area contributed by atoms with E-state index in [0.717, 1.165) is 18.6 Å². The van der Waals surface area contributed by atoms with Gasteiger partial charge in [-0.1, -0.05) is 277 Å². The van der Waals surface area contributed by atoms with Gasteiger partial charge in [-0.2, -0.15) is 0 Å². The Labute approximate surface area is 328 Å². The highest BCUT2D eigenvalue weighted by Gasteiger charge is 2.36. The number of esters is 1. The Hall–Kier alpha value is -0.790. The summed E-state index contributed by atoms with van der Waals surface area (Å²) in [6.45, 7) is 4.61. The molecule has 0 spiro atoms. The number of ether oxygens (including phenoxy) is 1. The van der Waals surface area contributed by atoms with Gasteiger partial charge in [-0.3, -0.25) is 4.79 Å². The zero-order valence-corrected chi connectivity index (χ0v) is 36.1. The minimum absolute atomic E-state index is 0.0261. The van der Waals surface area contributed by atoms with E-state index in [2.05, 4.69) is 19.9 Å². The van der Waals surface area contributed by atoms with Crippen LogP contribution in [0.3, 0.4) is 0 Å². The van der Waals surface area contributed by atoms with E-state index in [1.54, 1.807) is 0 Å². The lowest BCUT2D eigenvalue weighted by Gasteiger charge is -2.28. The van der Waals surface area contributed by atoms with Crippen molar-refractivity contribution in [2.24, 2.45) is 5.92 Å². The van der Waals surface area contributed by atoms with Crippen LogP contribution in [0.15, 0.2) is 11.8 Å². The van der Waals surface area contributed by atoms with E-state index in [9.17, 15) is 4.79 Å². The molecule has 0 aromatic rings. The Morgan fingerprint density at radius 3 is 0.827 bits per heavy atom. The van der Waals surface area contributed by atoms with Crippen molar-refractivity contribution in [3.63, 3.8) is 0 Å². The van der Waals surface area contributed by atoms with Gasteiger partial charge in [-0.15, -0.1) is 0 Å². The van der Waals surface area contributed by atoms with Gasteiger partial charge in [-0.05, 0) is 25.3 Å². The third-order valence-electron chi connectivity index (χ3n) is 12.1. The lowest BCUT2D eigenvalue weighted by Crippen LogP contribution is -2.32. The molecule has 2 nitrogen and oxygen atoms in total. The van der Waals surface area contributed by atoms with Gasteiger partial charge in [0.05, 0.1) is 0 Å². The first-order chi connectivity index (χ1) is 25.8. The van der Waals surface area contributed by atoms with E-state index >= 15 is 0 Å². The number of carbonyl (C=O) groups excluding carboxylic acids is 1. The quantitative estimate of drug-likeness (QED) is 0.0461. The van der Waals surface area contributed by atoms with E-state index in [-0.39, 0.29) is 11.9 Å². The lowest BCUT2D eigenvalue weighted by molar-refractivity contribution is -0.157. The van der Waals surface area contributed by atoms with Crippen molar-refractivity contribution in [3.8, 4) is 0 Å². The van der Waals surface area contributed by atoms with Crippen molar-refractivity contribution in [3.05, 3.63) is 11.8 Å². The number of allylic oxidation sites excluding steroid dienone is 1. The van der Waals surface area contributed by atoms with Crippen molar-refractivity contribution in [2.45, 2.75) is 296 Å². The molecule has 308 valence electrons. The maximum atomic E-state index is 12.0. The molecule has 1 heterocycles. The summed E-state index contributed by atoms with van der Waals surface area (Å²) in [5, 5.41) is 0. The molecule has 1 atom stereocenters. The molecule has 0 aromatic heterocycles. The van der Waals surface area contributed by atoms with Crippen molar-refractivity contribution in [2.75, 3.05) is 0 Å². The van der Waals surface area contributed by atoms with Gasteiger partial charge < -0.3 is 4.74 Å². The Kier molecular flexibility index (Phi) is 39.2. The second-order valence-corrected chi connectivity index (χ2v) is 17.3. The molecule has 1 saturated heterocycles. The second kappa shape index (κ2) is 41.4.